The predicted octanol–water partition coefficient (Wildman–Crippen LogP) is 1.58. The lowest BCUT2D eigenvalue weighted by atomic mass is 10.0. The molecule has 1 aliphatic carbocycles. The van der Waals surface area contributed by atoms with E-state index in [9.17, 15) is 14.7 Å². The number of aliphatic hydroxyl groups is 1. The van der Waals surface area contributed by atoms with E-state index in [0.29, 0.717) is 13.0 Å². The summed E-state index contributed by atoms with van der Waals surface area (Å²) in [6.45, 7) is 2.06. The summed E-state index contributed by atoms with van der Waals surface area (Å²) in [5.74, 6) is -0.00314. The first kappa shape index (κ1) is 16.0. The zero-order valence-electron chi connectivity index (χ0n) is 13.7. The number of rotatable bonds is 3. The van der Waals surface area contributed by atoms with Crippen LogP contribution < -0.4 is 4.90 Å². The summed E-state index contributed by atoms with van der Waals surface area (Å²) in [6.07, 6.45) is 3.05. The van der Waals surface area contributed by atoms with E-state index in [4.69, 9.17) is 0 Å². The monoisotopic (exact) mass is 316 g/mol. The van der Waals surface area contributed by atoms with Crippen molar-refractivity contribution in [3.8, 4) is 0 Å². The Morgan fingerprint density at radius 3 is 2.70 bits per heavy atom. The van der Waals surface area contributed by atoms with E-state index >= 15 is 0 Å². The van der Waals surface area contributed by atoms with Crippen molar-refractivity contribution in [2.24, 2.45) is 5.92 Å². The molecule has 0 bridgehead atoms. The van der Waals surface area contributed by atoms with Crippen molar-refractivity contribution in [2.45, 2.75) is 44.8 Å². The van der Waals surface area contributed by atoms with Crippen LogP contribution in [0.1, 0.15) is 31.7 Å². The number of amides is 2. The highest BCUT2D eigenvalue weighted by Crippen LogP contribution is 2.33. The summed E-state index contributed by atoms with van der Waals surface area (Å²) in [4.78, 5) is 28.2. The molecule has 1 N–H and O–H groups in total. The third-order valence-electron chi connectivity index (χ3n) is 5.10. The molecule has 0 spiro atoms. The molecule has 2 amide bonds. The molecule has 0 aromatic heterocycles. The van der Waals surface area contributed by atoms with Crippen LogP contribution in [0, 0.1) is 5.92 Å². The van der Waals surface area contributed by atoms with Crippen LogP contribution in [0.4, 0.5) is 5.69 Å². The Kier molecular flexibility index (Phi) is 4.39. The number of hydrogen-bond acceptors (Lipinski definition) is 3. The van der Waals surface area contributed by atoms with Gasteiger partial charge >= 0.3 is 0 Å². The third-order valence-corrected chi connectivity index (χ3v) is 5.10. The second kappa shape index (κ2) is 6.32. The van der Waals surface area contributed by atoms with Gasteiger partial charge in [0.2, 0.25) is 11.8 Å². The summed E-state index contributed by atoms with van der Waals surface area (Å²) >= 11 is 0. The van der Waals surface area contributed by atoms with Gasteiger partial charge in [-0.3, -0.25) is 14.5 Å². The number of nitrogens with zero attached hydrogens (tertiary/aromatic N) is 2. The summed E-state index contributed by atoms with van der Waals surface area (Å²) in [6, 6.07) is 7.22. The van der Waals surface area contributed by atoms with Crippen molar-refractivity contribution in [3.63, 3.8) is 0 Å². The molecule has 1 aromatic rings. The van der Waals surface area contributed by atoms with Crippen molar-refractivity contribution in [1.29, 1.82) is 0 Å². The zero-order chi connectivity index (χ0) is 16.6. The predicted molar refractivity (Wildman–Crippen MR) is 88.1 cm³/mol. The first-order valence-corrected chi connectivity index (χ1v) is 8.29. The molecule has 5 heteroatoms. The Labute approximate surface area is 136 Å². The number of likely N-dealkylation sites (N-methyl/N-ethyl adjacent to an activating group) is 1. The molecule has 0 radical (unpaired) electrons. The van der Waals surface area contributed by atoms with Gasteiger partial charge in [-0.05, 0) is 24.5 Å². The van der Waals surface area contributed by atoms with Gasteiger partial charge in [0.25, 0.3) is 0 Å². The molecule has 1 fully saturated rings. The van der Waals surface area contributed by atoms with Crippen molar-refractivity contribution in [1.82, 2.24) is 4.90 Å². The van der Waals surface area contributed by atoms with Gasteiger partial charge in [-0.2, -0.15) is 0 Å². The number of para-hydroxylation sites is 1. The minimum atomic E-state index is -0.464. The number of carbonyl (C=O) groups is 2. The van der Waals surface area contributed by atoms with E-state index in [1.54, 1.807) is 16.8 Å². The highest BCUT2D eigenvalue weighted by atomic mass is 16.3. The fourth-order valence-electron chi connectivity index (χ4n) is 3.90. The van der Waals surface area contributed by atoms with Crippen LogP contribution >= 0.6 is 0 Å². The van der Waals surface area contributed by atoms with E-state index < -0.39 is 6.04 Å². The lowest BCUT2D eigenvalue weighted by molar-refractivity contribution is -0.133. The van der Waals surface area contributed by atoms with Crippen LogP contribution in [0.3, 0.4) is 0 Å². The minimum Gasteiger partial charge on any atom is -0.393 e. The Morgan fingerprint density at radius 2 is 2.04 bits per heavy atom. The lowest BCUT2D eigenvalue weighted by Gasteiger charge is -2.29. The SMILES string of the molecule is CC(=O)N1c2ccccc2C[C@H]1C(=O)N(C)CC1CCCC1O. The molecule has 2 unspecified atom stereocenters. The Balaban J connectivity index is 1.75. The maximum Gasteiger partial charge on any atom is 0.245 e. The Morgan fingerprint density at radius 1 is 1.30 bits per heavy atom. The molecule has 124 valence electrons. The molecule has 3 rings (SSSR count). The summed E-state index contributed by atoms with van der Waals surface area (Å²) in [5, 5.41) is 9.96. The molecule has 1 saturated carbocycles. The quantitative estimate of drug-likeness (QED) is 0.921. The van der Waals surface area contributed by atoms with E-state index in [1.165, 1.54) is 6.92 Å². The number of fused-ring (bicyclic) bond motifs is 1. The van der Waals surface area contributed by atoms with E-state index in [2.05, 4.69) is 0 Å². The minimum absolute atomic E-state index is 0.0458. The number of hydrogen-bond donors (Lipinski definition) is 1. The van der Waals surface area contributed by atoms with Gasteiger partial charge < -0.3 is 10.0 Å². The standard InChI is InChI=1S/C18H24N2O3/c1-12(21)20-15-8-4-3-6-13(15)10-16(20)18(23)19(2)11-14-7-5-9-17(14)22/h3-4,6,8,14,16-17,22H,5,7,9-11H2,1-2H3/t14?,16-,17?/m0/s1. The topological polar surface area (TPSA) is 60.9 Å². The zero-order valence-corrected chi connectivity index (χ0v) is 13.7. The second-order valence-corrected chi connectivity index (χ2v) is 6.71. The smallest absolute Gasteiger partial charge is 0.245 e. The molecular formula is C18H24N2O3. The summed E-state index contributed by atoms with van der Waals surface area (Å²) < 4.78 is 0. The van der Waals surface area contributed by atoms with Gasteiger partial charge in [-0.1, -0.05) is 24.6 Å². The highest BCUT2D eigenvalue weighted by molar-refractivity contribution is 6.02. The van der Waals surface area contributed by atoms with Crippen molar-refractivity contribution < 1.29 is 14.7 Å². The molecule has 5 nitrogen and oxygen atoms in total. The maximum absolute atomic E-state index is 12.9. The van der Waals surface area contributed by atoms with Gasteiger partial charge in [-0.25, -0.2) is 0 Å². The number of benzene rings is 1. The van der Waals surface area contributed by atoms with Crippen molar-refractivity contribution in [3.05, 3.63) is 29.8 Å². The first-order valence-electron chi connectivity index (χ1n) is 8.29. The second-order valence-electron chi connectivity index (χ2n) is 6.71. The molecule has 0 saturated heterocycles. The van der Waals surface area contributed by atoms with Crippen LogP contribution in [0.15, 0.2) is 24.3 Å². The fourth-order valence-corrected chi connectivity index (χ4v) is 3.90. The fraction of sp³-hybridized carbons (Fsp3) is 0.556. The van der Waals surface area contributed by atoms with Crippen LogP contribution in [-0.2, 0) is 16.0 Å². The highest BCUT2D eigenvalue weighted by Gasteiger charge is 2.39. The van der Waals surface area contributed by atoms with Crippen LogP contribution in [0.25, 0.3) is 0 Å². The maximum atomic E-state index is 12.9. The van der Waals surface area contributed by atoms with E-state index in [1.807, 2.05) is 24.3 Å². The Hall–Kier alpha value is -1.88. The number of anilines is 1. The normalized spacial score (nSPS) is 26.2. The Bertz CT molecular complexity index is 616. The largest absolute Gasteiger partial charge is 0.393 e. The molecule has 1 aromatic carbocycles. The van der Waals surface area contributed by atoms with Gasteiger partial charge in [-0.15, -0.1) is 0 Å². The number of carbonyl (C=O) groups excluding carboxylic acids is 2. The molecule has 3 atom stereocenters. The average Bonchev–Trinajstić information content (AvgIpc) is 3.10. The summed E-state index contributed by atoms with van der Waals surface area (Å²) in [5.41, 5.74) is 1.88. The van der Waals surface area contributed by atoms with Crippen molar-refractivity contribution >= 4 is 17.5 Å². The van der Waals surface area contributed by atoms with Crippen LogP contribution in [-0.4, -0.2) is 47.6 Å². The average molecular weight is 316 g/mol. The van der Waals surface area contributed by atoms with Crippen molar-refractivity contribution in [2.75, 3.05) is 18.5 Å². The van der Waals surface area contributed by atoms with Gasteiger partial charge in [0.15, 0.2) is 0 Å². The number of aliphatic hydroxyl groups excluding tert-OH is 1. The molecule has 1 aliphatic heterocycles. The van der Waals surface area contributed by atoms with Crippen LogP contribution in [0.5, 0.6) is 0 Å². The van der Waals surface area contributed by atoms with Gasteiger partial charge in [0, 0.05) is 38.5 Å². The molecule has 2 aliphatic rings. The third kappa shape index (κ3) is 2.98. The van der Waals surface area contributed by atoms with E-state index in [-0.39, 0.29) is 23.8 Å². The van der Waals surface area contributed by atoms with Gasteiger partial charge in [0.1, 0.15) is 6.04 Å². The first-order chi connectivity index (χ1) is 11.0. The lowest BCUT2D eigenvalue weighted by Crippen LogP contribution is -2.49. The van der Waals surface area contributed by atoms with Gasteiger partial charge in [0.05, 0.1) is 6.10 Å². The summed E-state index contributed by atoms with van der Waals surface area (Å²) in [7, 11) is 1.77. The molecular weight excluding hydrogens is 292 g/mol. The molecule has 1 heterocycles. The molecule has 23 heavy (non-hydrogen) atoms. The van der Waals surface area contributed by atoms with Crippen LogP contribution in [0.2, 0.25) is 0 Å². The van der Waals surface area contributed by atoms with E-state index in [0.717, 1.165) is 30.5 Å².